The van der Waals surface area contributed by atoms with Crippen molar-refractivity contribution in [3.05, 3.63) is 18.0 Å². The van der Waals surface area contributed by atoms with E-state index < -0.39 is 0 Å². The van der Waals surface area contributed by atoms with Gasteiger partial charge in [0.2, 0.25) is 0 Å². The van der Waals surface area contributed by atoms with Gasteiger partial charge < -0.3 is 10.2 Å². The van der Waals surface area contributed by atoms with Crippen LogP contribution in [0, 0.1) is 0 Å². The first kappa shape index (κ1) is 12.0. The second-order valence-corrected chi connectivity index (χ2v) is 4.29. The molecule has 0 saturated carbocycles. The van der Waals surface area contributed by atoms with Gasteiger partial charge in [-0.15, -0.1) is 0 Å². The van der Waals surface area contributed by atoms with Crippen LogP contribution in [0.15, 0.2) is 12.3 Å². The van der Waals surface area contributed by atoms with E-state index in [2.05, 4.69) is 24.3 Å². The fourth-order valence-electron chi connectivity index (χ4n) is 1.23. The highest BCUT2D eigenvalue weighted by molar-refractivity contribution is 7.80. The average Bonchev–Trinajstić information content (AvgIpc) is 2.50. The molecule has 15 heavy (non-hydrogen) atoms. The molecule has 5 heteroatoms. The molecule has 1 heterocycles. The van der Waals surface area contributed by atoms with Crippen LogP contribution in [0.1, 0.15) is 19.5 Å². The van der Waals surface area contributed by atoms with Gasteiger partial charge in [0.05, 0.1) is 12.2 Å². The van der Waals surface area contributed by atoms with Crippen molar-refractivity contribution in [2.45, 2.75) is 26.4 Å². The summed E-state index contributed by atoms with van der Waals surface area (Å²) in [5.41, 5.74) is 1.14. The van der Waals surface area contributed by atoms with Crippen molar-refractivity contribution < 1.29 is 0 Å². The number of aryl methyl sites for hydroxylation is 1. The molecule has 0 fully saturated rings. The van der Waals surface area contributed by atoms with Crippen LogP contribution < -0.4 is 5.32 Å². The molecule has 0 radical (unpaired) electrons. The van der Waals surface area contributed by atoms with Crippen LogP contribution >= 0.6 is 12.2 Å². The first-order valence-corrected chi connectivity index (χ1v) is 5.40. The number of hydrogen-bond acceptors (Lipinski definition) is 2. The van der Waals surface area contributed by atoms with Gasteiger partial charge in [0.1, 0.15) is 0 Å². The Morgan fingerprint density at radius 1 is 1.67 bits per heavy atom. The third-order valence-electron chi connectivity index (χ3n) is 2.08. The Kier molecular flexibility index (Phi) is 4.08. The Balaban J connectivity index is 2.52. The first-order valence-electron chi connectivity index (χ1n) is 4.99. The molecule has 0 aromatic carbocycles. The predicted molar refractivity (Wildman–Crippen MR) is 65.5 cm³/mol. The summed E-state index contributed by atoms with van der Waals surface area (Å²) in [6.45, 7) is 4.92. The minimum atomic E-state index is 0.367. The van der Waals surface area contributed by atoms with E-state index in [9.17, 15) is 0 Å². The number of thiocarbonyl (C=S) groups is 1. The third kappa shape index (κ3) is 3.51. The minimum Gasteiger partial charge on any atom is -0.360 e. The largest absolute Gasteiger partial charge is 0.360 e. The van der Waals surface area contributed by atoms with Gasteiger partial charge >= 0.3 is 0 Å². The summed E-state index contributed by atoms with van der Waals surface area (Å²) in [6, 6.07) is 2.36. The molecule has 1 rings (SSSR count). The SMILES string of the molecule is CC(C)NC(=S)N(C)Cc1ccnn1C. The normalized spacial score (nSPS) is 10.5. The minimum absolute atomic E-state index is 0.367. The maximum atomic E-state index is 5.25. The lowest BCUT2D eigenvalue weighted by Crippen LogP contribution is -2.40. The molecule has 0 aliphatic rings. The van der Waals surface area contributed by atoms with Crippen molar-refractivity contribution in [3.63, 3.8) is 0 Å². The first-order chi connectivity index (χ1) is 7.00. The monoisotopic (exact) mass is 226 g/mol. The van der Waals surface area contributed by atoms with E-state index in [4.69, 9.17) is 12.2 Å². The molecule has 0 aliphatic carbocycles. The Morgan fingerprint density at radius 2 is 2.33 bits per heavy atom. The second-order valence-electron chi connectivity index (χ2n) is 3.91. The Morgan fingerprint density at radius 3 is 2.80 bits per heavy atom. The fraction of sp³-hybridized carbons (Fsp3) is 0.600. The summed E-state index contributed by atoms with van der Waals surface area (Å²) in [5.74, 6) is 0. The molecule has 0 aliphatic heterocycles. The van der Waals surface area contributed by atoms with E-state index in [1.165, 1.54) is 0 Å². The number of rotatable bonds is 3. The molecule has 4 nitrogen and oxygen atoms in total. The molecular weight excluding hydrogens is 208 g/mol. The maximum absolute atomic E-state index is 5.25. The van der Waals surface area contributed by atoms with Gasteiger partial charge in [0.15, 0.2) is 5.11 Å². The zero-order valence-electron chi connectivity index (χ0n) is 9.69. The molecule has 0 saturated heterocycles. The number of nitrogens with one attached hydrogen (secondary N) is 1. The number of aromatic nitrogens is 2. The molecule has 0 spiro atoms. The summed E-state index contributed by atoms with van der Waals surface area (Å²) in [6.07, 6.45) is 1.79. The summed E-state index contributed by atoms with van der Waals surface area (Å²) >= 11 is 5.25. The lowest BCUT2D eigenvalue weighted by molar-refractivity contribution is 0.460. The summed E-state index contributed by atoms with van der Waals surface area (Å²) in [4.78, 5) is 2.01. The van der Waals surface area contributed by atoms with E-state index in [0.717, 1.165) is 17.4 Å². The highest BCUT2D eigenvalue weighted by Gasteiger charge is 2.07. The molecule has 1 aromatic heterocycles. The van der Waals surface area contributed by atoms with Crippen LogP contribution in [0.25, 0.3) is 0 Å². The van der Waals surface area contributed by atoms with E-state index in [1.807, 2.05) is 29.7 Å². The predicted octanol–water partition coefficient (Wildman–Crippen LogP) is 1.13. The van der Waals surface area contributed by atoms with Gasteiger partial charge in [-0.1, -0.05) is 0 Å². The van der Waals surface area contributed by atoms with Gasteiger partial charge in [-0.2, -0.15) is 5.10 Å². The van der Waals surface area contributed by atoms with Crippen LogP contribution in [0.2, 0.25) is 0 Å². The summed E-state index contributed by atoms with van der Waals surface area (Å²) in [7, 11) is 3.91. The maximum Gasteiger partial charge on any atom is 0.169 e. The molecule has 0 atom stereocenters. The van der Waals surface area contributed by atoms with Crippen LogP contribution in [-0.4, -0.2) is 32.9 Å². The van der Waals surface area contributed by atoms with E-state index in [-0.39, 0.29) is 0 Å². The standard InChI is InChI=1S/C10H18N4S/c1-8(2)12-10(15)13(3)7-9-5-6-11-14(9)4/h5-6,8H,7H2,1-4H3,(H,12,15). The smallest absolute Gasteiger partial charge is 0.169 e. The highest BCUT2D eigenvalue weighted by atomic mass is 32.1. The summed E-state index contributed by atoms with van der Waals surface area (Å²) < 4.78 is 1.86. The van der Waals surface area contributed by atoms with E-state index in [0.29, 0.717) is 6.04 Å². The van der Waals surface area contributed by atoms with Crippen molar-refractivity contribution in [2.24, 2.45) is 7.05 Å². The topological polar surface area (TPSA) is 33.1 Å². The van der Waals surface area contributed by atoms with Gasteiger partial charge in [0, 0.05) is 26.3 Å². The van der Waals surface area contributed by atoms with Crippen molar-refractivity contribution >= 4 is 17.3 Å². The lowest BCUT2D eigenvalue weighted by atomic mass is 10.4. The van der Waals surface area contributed by atoms with E-state index in [1.54, 1.807) is 6.20 Å². The molecule has 0 unspecified atom stereocenters. The Labute approximate surface area is 96.3 Å². The highest BCUT2D eigenvalue weighted by Crippen LogP contribution is 2.01. The zero-order chi connectivity index (χ0) is 11.4. The molecule has 0 bridgehead atoms. The summed E-state index contributed by atoms with van der Waals surface area (Å²) in [5, 5.41) is 8.09. The Bertz CT molecular complexity index is 332. The number of hydrogen-bond donors (Lipinski definition) is 1. The van der Waals surface area contributed by atoms with Crippen molar-refractivity contribution in [1.82, 2.24) is 20.0 Å². The second kappa shape index (κ2) is 5.11. The van der Waals surface area contributed by atoms with Gasteiger partial charge in [0.25, 0.3) is 0 Å². The molecule has 1 aromatic rings. The van der Waals surface area contributed by atoms with Crippen LogP contribution in [0.5, 0.6) is 0 Å². The van der Waals surface area contributed by atoms with Crippen LogP contribution in [0.3, 0.4) is 0 Å². The fourth-order valence-corrected chi connectivity index (χ4v) is 1.53. The van der Waals surface area contributed by atoms with Crippen LogP contribution in [-0.2, 0) is 13.6 Å². The van der Waals surface area contributed by atoms with Crippen molar-refractivity contribution in [3.8, 4) is 0 Å². The van der Waals surface area contributed by atoms with Crippen LogP contribution in [0.4, 0.5) is 0 Å². The van der Waals surface area contributed by atoms with Crippen molar-refractivity contribution in [1.29, 1.82) is 0 Å². The average molecular weight is 226 g/mol. The third-order valence-corrected chi connectivity index (χ3v) is 2.51. The van der Waals surface area contributed by atoms with Gasteiger partial charge in [-0.25, -0.2) is 0 Å². The molecule has 84 valence electrons. The van der Waals surface area contributed by atoms with Gasteiger partial charge in [-0.05, 0) is 32.1 Å². The lowest BCUT2D eigenvalue weighted by Gasteiger charge is -2.22. The van der Waals surface area contributed by atoms with Crippen molar-refractivity contribution in [2.75, 3.05) is 7.05 Å². The molecular formula is C10H18N4S. The Hall–Kier alpha value is -1.10. The quantitative estimate of drug-likeness (QED) is 0.783. The number of nitrogens with zero attached hydrogens (tertiary/aromatic N) is 3. The zero-order valence-corrected chi connectivity index (χ0v) is 10.5. The molecule has 0 amide bonds. The van der Waals surface area contributed by atoms with E-state index >= 15 is 0 Å². The van der Waals surface area contributed by atoms with Gasteiger partial charge in [-0.3, -0.25) is 4.68 Å². The molecule has 1 N–H and O–H groups in total.